The van der Waals surface area contributed by atoms with Crippen LogP contribution in [0.25, 0.3) is 0 Å². The van der Waals surface area contributed by atoms with Crippen molar-refractivity contribution in [3.05, 3.63) is 35.9 Å². The van der Waals surface area contributed by atoms with Crippen molar-refractivity contribution in [1.82, 2.24) is 9.80 Å². The number of alkyl halides is 3. The first-order valence-corrected chi connectivity index (χ1v) is 8.94. The number of carbonyl (C=O) groups is 1. The number of carbonyl (C=O) groups excluding carboxylic acids is 1. The average molecular weight is 356 g/mol. The Bertz CT molecular complexity index is 533. The summed E-state index contributed by atoms with van der Waals surface area (Å²) in [5, 5.41) is 0. The van der Waals surface area contributed by atoms with Gasteiger partial charge in [0.1, 0.15) is 0 Å². The van der Waals surface area contributed by atoms with Gasteiger partial charge in [-0.2, -0.15) is 13.2 Å². The lowest BCUT2D eigenvalue weighted by molar-refractivity contribution is -0.150. The lowest BCUT2D eigenvalue weighted by atomic mass is 10.0. The number of rotatable bonds is 7. The lowest BCUT2D eigenvalue weighted by Crippen LogP contribution is -2.48. The second-order valence-electron chi connectivity index (χ2n) is 6.81. The van der Waals surface area contributed by atoms with Crippen LogP contribution in [0.4, 0.5) is 13.2 Å². The van der Waals surface area contributed by atoms with E-state index in [1.165, 1.54) is 10.5 Å². The molecule has 1 amide bonds. The van der Waals surface area contributed by atoms with Crippen LogP contribution in [-0.4, -0.2) is 54.6 Å². The van der Waals surface area contributed by atoms with Gasteiger partial charge >= 0.3 is 6.18 Å². The van der Waals surface area contributed by atoms with Gasteiger partial charge in [0.2, 0.25) is 5.91 Å². The van der Waals surface area contributed by atoms with Crippen LogP contribution in [0.2, 0.25) is 0 Å². The van der Waals surface area contributed by atoms with E-state index < -0.39 is 24.9 Å². The predicted octanol–water partition coefficient (Wildman–Crippen LogP) is 3.88. The SMILES string of the molecule is CN(C(=O)CCC(F)(F)F)[C@@H]1CCCN(CCCc2ccccc2)C1. The Hall–Kier alpha value is -1.56. The molecule has 2 rings (SSSR count). The van der Waals surface area contributed by atoms with Crippen LogP contribution >= 0.6 is 0 Å². The average Bonchev–Trinajstić information content (AvgIpc) is 2.59. The third kappa shape index (κ3) is 7.06. The van der Waals surface area contributed by atoms with Gasteiger partial charge in [0.15, 0.2) is 0 Å². The molecule has 25 heavy (non-hydrogen) atoms. The Morgan fingerprint density at radius 1 is 1.28 bits per heavy atom. The molecule has 0 bridgehead atoms. The highest BCUT2D eigenvalue weighted by molar-refractivity contribution is 5.76. The summed E-state index contributed by atoms with van der Waals surface area (Å²) < 4.78 is 36.9. The standard InChI is InChI=1S/C19H27F3N2O/c1-23(18(25)11-12-19(20,21)22)17-10-6-14-24(15-17)13-5-9-16-7-3-2-4-8-16/h2-4,7-8,17H,5-6,9-15H2,1H3/t17-/m1/s1. The summed E-state index contributed by atoms with van der Waals surface area (Å²) in [5.41, 5.74) is 1.32. The largest absolute Gasteiger partial charge is 0.389 e. The van der Waals surface area contributed by atoms with Crippen molar-refractivity contribution in [3.8, 4) is 0 Å². The number of aryl methyl sites for hydroxylation is 1. The van der Waals surface area contributed by atoms with Crippen LogP contribution in [0, 0.1) is 0 Å². The molecule has 1 aromatic carbocycles. The molecule has 0 aliphatic carbocycles. The number of halogens is 3. The summed E-state index contributed by atoms with van der Waals surface area (Å²) in [5.74, 6) is -0.409. The Morgan fingerprint density at radius 3 is 2.68 bits per heavy atom. The Kier molecular flexibility index (Phi) is 7.29. The molecule has 1 fully saturated rings. The van der Waals surface area contributed by atoms with E-state index in [0.717, 1.165) is 45.3 Å². The molecule has 1 heterocycles. The van der Waals surface area contributed by atoms with E-state index >= 15 is 0 Å². The van der Waals surface area contributed by atoms with Crippen LogP contribution < -0.4 is 0 Å². The highest BCUT2D eigenvalue weighted by Crippen LogP contribution is 2.23. The van der Waals surface area contributed by atoms with E-state index in [-0.39, 0.29) is 6.04 Å². The Labute approximate surface area is 147 Å². The number of amides is 1. The zero-order chi connectivity index (χ0) is 18.3. The van der Waals surface area contributed by atoms with Crippen LogP contribution in [-0.2, 0) is 11.2 Å². The third-order valence-electron chi connectivity index (χ3n) is 4.83. The second kappa shape index (κ2) is 9.22. The van der Waals surface area contributed by atoms with Crippen molar-refractivity contribution in [3.63, 3.8) is 0 Å². The maximum Gasteiger partial charge on any atom is 0.389 e. The van der Waals surface area contributed by atoms with Crippen molar-refractivity contribution in [2.45, 2.75) is 50.7 Å². The molecule has 1 aliphatic heterocycles. The zero-order valence-corrected chi connectivity index (χ0v) is 14.8. The van der Waals surface area contributed by atoms with Gasteiger partial charge in [-0.15, -0.1) is 0 Å². The summed E-state index contributed by atoms with van der Waals surface area (Å²) in [4.78, 5) is 15.8. The minimum atomic E-state index is -4.27. The molecule has 140 valence electrons. The Morgan fingerprint density at radius 2 is 2.00 bits per heavy atom. The van der Waals surface area contributed by atoms with Gasteiger partial charge in [-0.05, 0) is 44.3 Å². The summed E-state index contributed by atoms with van der Waals surface area (Å²) >= 11 is 0. The molecule has 1 saturated heterocycles. The first-order valence-electron chi connectivity index (χ1n) is 8.94. The van der Waals surface area contributed by atoms with E-state index in [1.807, 2.05) is 18.2 Å². The van der Waals surface area contributed by atoms with Crippen molar-refractivity contribution >= 4 is 5.91 Å². The van der Waals surface area contributed by atoms with E-state index in [2.05, 4.69) is 17.0 Å². The van der Waals surface area contributed by atoms with Crippen LogP contribution in [0.1, 0.15) is 37.7 Å². The number of piperidine rings is 1. The topological polar surface area (TPSA) is 23.6 Å². The number of benzene rings is 1. The van der Waals surface area contributed by atoms with Crippen molar-refractivity contribution in [2.75, 3.05) is 26.7 Å². The predicted molar refractivity (Wildman–Crippen MR) is 92.3 cm³/mol. The van der Waals surface area contributed by atoms with Gasteiger partial charge in [0.05, 0.1) is 6.42 Å². The van der Waals surface area contributed by atoms with Gasteiger partial charge in [-0.1, -0.05) is 30.3 Å². The number of likely N-dealkylation sites (N-methyl/N-ethyl adjacent to an activating group) is 1. The van der Waals surface area contributed by atoms with Gasteiger partial charge < -0.3 is 9.80 Å². The molecule has 0 aromatic heterocycles. The maximum atomic E-state index is 12.3. The summed E-state index contributed by atoms with van der Waals surface area (Å²) in [6.45, 7) is 2.70. The molecule has 0 unspecified atom stereocenters. The fourth-order valence-corrected chi connectivity index (χ4v) is 3.33. The minimum Gasteiger partial charge on any atom is -0.341 e. The van der Waals surface area contributed by atoms with Crippen LogP contribution in [0.5, 0.6) is 0 Å². The molecule has 0 radical (unpaired) electrons. The zero-order valence-electron chi connectivity index (χ0n) is 14.8. The number of nitrogens with zero attached hydrogens (tertiary/aromatic N) is 2. The van der Waals surface area contributed by atoms with Gasteiger partial charge in [-0.25, -0.2) is 0 Å². The molecule has 1 aromatic rings. The Balaban J connectivity index is 1.74. The van der Waals surface area contributed by atoms with E-state index in [4.69, 9.17) is 0 Å². The highest BCUT2D eigenvalue weighted by Gasteiger charge is 2.31. The number of hydrogen-bond donors (Lipinski definition) is 0. The number of hydrogen-bond acceptors (Lipinski definition) is 2. The van der Waals surface area contributed by atoms with Gasteiger partial charge in [0.25, 0.3) is 0 Å². The normalized spacial score (nSPS) is 19.0. The minimum absolute atomic E-state index is 0.0196. The smallest absolute Gasteiger partial charge is 0.341 e. The fourth-order valence-electron chi connectivity index (χ4n) is 3.33. The first-order chi connectivity index (χ1) is 11.8. The van der Waals surface area contributed by atoms with Crippen LogP contribution in [0.3, 0.4) is 0 Å². The molecular formula is C19H27F3N2O. The summed E-state index contributed by atoms with van der Waals surface area (Å²) in [7, 11) is 1.64. The maximum absolute atomic E-state index is 12.3. The summed E-state index contributed by atoms with van der Waals surface area (Å²) in [6.07, 6.45) is -1.86. The number of likely N-dealkylation sites (tertiary alicyclic amines) is 1. The van der Waals surface area contributed by atoms with E-state index in [1.54, 1.807) is 7.05 Å². The van der Waals surface area contributed by atoms with Gasteiger partial charge in [-0.3, -0.25) is 4.79 Å². The lowest BCUT2D eigenvalue weighted by Gasteiger charge is -2.37. The van der Waals surface area contributed by atoms with Gasteiger partial charge in [0, 0.05) is 26.1 Å². The molecular weight excluding hydrogens is 329 g/mol. The second-order valence-corrected chi connectivity index (χ2v) is 6.81. The molecule has 3 nitrogen and oxygen atoms in total. The molecule has 6 heteroatoms. The van der Waals surface area contributed by atoms with Crippen molar-refractivity contribution in [2.24, 2.45) is 0 Å². The van der Waals surface area contributed by atoms with Crippen molar-refractivity contribution < 1.29 is 18.0 Å². The fraction of sp³-hybridized carbons (Fsp3) is 0.632. The summed E-state index contributed by atoms with van der Waals surface area (Å²) in [6, 6.07) is 10.3. The molecule has 0 spiro atoms. The monoisotopic (exact) mass is 356 g/mol. The van der Waals surface area contributed by atoms with Crippen molar-refractivity contribution in [1.29, 1.82) is 0 Å². The first kappa shape index (κ1) is 19.8. The molecule has 1 atom stereocenters. The van der Waals surface area contributed by atoms with Crippen LogP contribution in [0.15, 0.2) is 30.3 Å². The molecule has 0 N–H and O–H groups in total. The third-order valence-corrected chi connectivity index (χ3v) is 4.83. The van der Waals surface area contributed by atoms with E-state index in [9.17, 15) is 18.0 Å². The molecule has 1 aliphatic rings. The molecule has 0 saturated carbocycles. The van der Waals surface area contributed by atoms with E-state index in [0.29, 0.717) is 0 Å². The quantitative estimate of drug-likeness (QED) is 0.740. The highest BCUT2D eigenvalue weighted by atomic mass is 19.4.